The van der Waals surface area contributed by atoms with Gasteiger partial charge in [-0.15, -0.1) is 11.3 Å². The van der Waals surface area contributed by atoms with Crippen molar-refractivity contribution >= 4 is 114 Å². The van der Waals surface area contributed by atoms with Gasteiger partial charge in [-0.25, -0.2) is 0 Å². The SMILES string of the molecule is c1ccc2c(c1)oc1c(-c3ccc(N(c4ccc(-c5cccc6c5sc5ccccc56)cc4)c4ccc5c(c4)oc4c6ccccc6c6ccccc6c54)cc3)cccc12. The average Bonchev–Trinajstić information content (AvgIpc) is 4.02. The lowest BCUT2D eigenvalue weighted by atomic mass is 9.97. The van der Waals surface area contributed by atoms with Crippen LogP contribution in [0.25, 0.3) is 108 Å². The molecule has 280 valence electrons. The zero-order valence-corrected chi connectivity index (χ0v) is 33.0. The third kappa shape index (κ3) is 4.95. The molecular formula is C56H33NO2S. The van der Waals surface area contributed by atoms with E-state index in [1.54, 1.807) is 0 Å². The minimum Gasteiger partial charge on any atom is -0.455 e. The molecule has 0 saturated carbocycles. The van der Waals surface area contributed by atoms with E-state index in [9.17, 15) is 0 Å². The third-order valence-electron chi connectivity index (χ3n) is 12.3. The summed E-state index contributed by atoms with van der Waals surface area (Å²) in [4.78, 5) is 2.33. The summed E-state index contributed by atoms with van der Waals surface area (Å²) in [6.07, 6.45) is 0. The molecule has 3 nitrogen and oxygen atoms in total. The van der Waals surface area contributed by atoms with E-state index in [1.807, 2.05) is 23.5 Å². The maximum atomic E-state index is 6.89. The number of rotatable bonds is 5. The van der Waals surface area contributed by atoms with Crippen LogP contribution in [0.4, 0.5) is 17.1 Å². The van der Waals surface area contributed by atoms with Crippen LogP contribution in [0.15, 0.2) is 209 Å². The van der Waals surface area contributed by atoms with Gasteiger partial charge < -0.3 is 13.7 Å². The van der Waals surface area contributed by atoms with Gasteiger partial charge in [-0.05, 0) is 81.4 Å². The number of fused-ring (bicyclic) bond motifs is 14. The molecule has 0 amide bonds. The topological polar surface area (TPSA) is 29.5 Å². The second-order valence-corrected chi connectivity index (χ2v) is 16.6. The van der Waals surface area contributed by atoms with Crippen LogP contribution < -0.4 is 4.90 Å². The Morgan fingerprint density at radius 1 is 0.333 bits per heavy atom. The van der Waals surface area contributed by atoms with Crippen molar-refractivity contribution in [2.75, 3.05) is 4.90 Å². The predicted molar refractivity (Wildman–Crippen MR) is 254 cm³/mol. The fourth-order valence-corrected chi connectivity index (χ4v) is 10.7. The summed E-state index contributed by atoms with van der Waals surface area (Å²) in [6, 6.07) is 71.8. The van der Waals surface area contributed by atoms with Crippen molar-refractivity contribution in [3.05, 3.63) is 200 Å². The van der Waals surface area contributed by atoms with Crippen LogP contribution in [-0.4, -0.2) is 0 Å². The summed E-state index contributed by atoms with van der Waals surface area (Å²) in [5, 5.41) is 11.9. The smallest absolute Gasteiger partial charge is 0.143 e. The Hall–Kier alpha value is -7.66. The van der Waals surface area contributed by atoms with Gasteiger partial charge in [0.15, 0.2) is 0 Å². The normalized spacial score (nSPS) is 12.0. The number of nitrogens with zero attached hydrogens (tertiary/aromatic N) is 1. The Bertz CT molecular complexity index is 3680. The van der Waals surface area contributed by atoms with Crippen molar-refractivity contribution in [1.82, 2.24) is 0 Å². The summed E-state index contributed by atoms with van der Waals surface area (Å²) >= 11 is 1.86. The molecule has 60 heavy (non-hydrogen) atoms. The first kappa shape index (κ1) is 33.3. The molecule has 0 saturated heterocycles. The van der Waals surface area contributed by atoms with E-state index in [0.29, 0.717) is 0 Å². The van der Waals surface area contributed by atoms with Crippen LogP contribution in [0.1, 0.15) is 0 Å². The van der Waals surface area contributed by atoms with E-state index in [1.165, 1.54) is 47.5 Å². The second-order valence-electron chi connectivity index (χ2n) is 15.6. The molecule has 3 aromatic heterocycles. The highest BCUT2D eigenvalue weighted by atomic mass is 32.1. The molecule has 0 radical (unpaired) electrons. The monoisotopic (exact) mass is 783 g/mol. The zero-order valence-electron chi connectivity index (χ0n) is 32.2. The van der Waals surface area contributed by atoms with Gasteiger partial charge in [0.1, 0.15) is 22.3 Å². The van der Waals surface area contributed by atoms with Gasteiger partial charge in [0.25, 0.3) is 0 Å². The minimum absolute atomic E-state index is 0.857. The fourth-order valence-electron chi connectivity index (χ4n) is 9.51. The van der Waals surface area contributed by atoms with E-state index in [0.717, 1.165) is 77.5 Å². The first-order valence-corrected chi connectivity index (χ1v) is 21.1. The Kier molecular flexibility index (Phi) is 7.18. The van der Waals surface area contributed by atoms with Crippen molar-refractivity contribution in [1.29, 1.82) is 0 Å². The summed E-state index contributed by atoms with van der Waals surface area (Å²) in [5.74, 6) is 0. The lowest BCUT2D eigenvalue weighted by molar-refractivity contribution is 0.670. The van der Waals surface area contributed by atoms with Crippen molar-refractivity contribution in [3.63, 3.8) is 0 Å². The molecule has 0 atom stereocenters. The number of para-hydroxylation sites is 2. The van der Waals surface area contributed by atoms with Gasteiger partial charge in [-0.1, -0.05) is 146 Å². The van der Waals surface area contributed by atoms with Gasteiger partial charge in [0.05, 0.1) is 0 Å². The molecule has 0 N–H and O–H groups in total. The average molecular weight is 784 g/mol. The van der Waals surface area contributed by atoms with Crippen LogP contribution >= 0.6 is 11.3 Å². The molecule has 0 bridgehead atoms. The molecule has 0 fully saturated rings. The molecule has 0 aliphatic carbocycles. The lowest BCUT2D eigenvalue weighted by Crippen LogP contribution is -2.09. The van der Waals surface area contributed by atoms with Crippen LogP contribution in [0.5, 0.6) is 0 Å². The van der Waals surface area contributed by atoms with Gasteiger partial charge in [-0.2, -0.15) is 0 Å². The number of furan rings is 2. The molecule has 4 heteroatoms. The summed E-state index contributed by atoms with van der Waals surface area (Å²) in [7, 11) is 0. The maximum absolute atomic E-state index is 6.89. The van der Waals surface area contributed by atoms with E-state index >= 15 is 0 Å². The Balaban J connectivity index is 0.973. The highest BCUT2D eigenvalue weighted by Crippen LogP contribution is 2.45. The van der Waals surface area contributed by atoms with Crippen molar-refractivity contribution < 1.29 is 8.83 Å². The van der Waals surface area contributed by atoms with Gasteiger partial charge in [0, 0.05) is 75.8 Å². The molecule has 3 heterocycles. The Morgan fingerprint density at radius 3 is 1.63 bits per heavy atom. The van der Waals surface area contributed by atoms with Gasteiger partial charge >= 0.3 is 0 Å². The highest BCUT2D eigenvalue weighted by Gasteiger charge is 2.20. The lowest BCUT2D eigenvalue weighted by Gasteiger charge is -2.26. The van der Waals surface area contributed by atoms with Crippen LogP contribution in [0.2, 0.25) is 0 Å². The quantitative estimate of drug-likeness (QED) is 0.163. The van der Waals surface area contributed by atoms with Crippen LogP contribution in [-0.2, 0) is 0 Å². The molecule has 0 aliphatic heterocycles. The van der Waals surface area contributed by atoms with E-state index in [4.69, 9.17) is 8.83 Å². The number of thiophene rings is 1. The van der Waals surface area contributed by atoms with Crippen molar-refractivity contribution in [3.8, 4) is 22.3 Å². The molecule has 0 spiro atoms. The Labute approximate surface area is 348 Å². The number of hydrogen-bond acceptors (Lipinski definition) is 4. The number of hydrogen-bond donors (Lipinski definition) is 0. The van der Waals surface area contributed by atoms with E-state index < -0.39 is 0 Å². The van der Waals surface area contributed by atoms with Gasteiger partial charge in [0.2, 0.25) is 0 Å². The molecule has 13 aromatic rings. The Morgan fingerprint density at radius 2 is 0.867 bits per heavy atom. The third-order valence-corrected chi connectivity index (χ3v) is 13.5. The van der Waals surface area contributed by atoms with Crippen LogP contribution in [0.3, 0.4) is 0 Å². The number of benzene rings is 10. The maximum Gasteiger partial charge on any atom is 0.143 e. The van der Waals surface area contributed by atoms with E-state index in [-0.39, 0.29) is 0 Å². The van der Waals surface area contributed by atoms with Crippen LogP contribution in [0, 0.1) is 0 Å². The highest BCUT2D eigenvalue weighted by molar-refractivity contribution is 7.26. The standard InChI is InChI=1S/C56H33NO2S/c1-3-15-45-41(11-1)42-12-2-4-16-46(42)55-53(45)49-32-31-38(33-51(49)59-55)57(36-27-23-34(24-28-36)39-17-9-19-47-43-13-5-7-21-50(43)58-54(39)47)37-29-25-35(26-30-37)40-18-10-20-48-44-14-6-8-22-52(44)60-56(40)48/h1-33H. The van der Waals surface area contributed by atoms with Gasteiger partial charge in [-0.3, -0.25) is 0 Å². The van der Waals surface area contributed by atoms with Crippen molar-refractivity contribution in [2.24, 2.45) is 0 Å². The fraction of sp³-hybridized carbons (Fsp3) is 0. The van der Waals surface area contributed by atoms with E-state index in [2.05, 4.69) is 193 Å². The molecule has 0 unspecified atom stereocenters. The minimum atomic E-state index is 0.857. The molecule has 10 aromatic carbocycles. The predicted octanol–water partition coefficient (Wildman–Crippen LogP) is 17.0. The second kappa shape index (κ2) is 12.9. The summed E-state index contributed by atoms with van der Waals surface area (Å²) in [5.41, 5.74) is 11.3. The largest absolute Gasteiger partial charge is 0.455 e. The molecule has 0 aliphatic rings. The summed E-state index contributed by atoms with van der Waals surface area (Å²) in [6.45, 7) is 0. The zero-order chi connectivity index (χ0) is 39.3. The van der Waals surface area contributed by atoms with Crippen molar-refractivity contribution in [2.45, 2.75) is 0 Å². The first-order chi connectivity index (χ1) is 29.7. The first-order valence-electron chi connectivity index (χ1n) is 20.3. The molecular weight excluding hydrogens is 751 g/mol. The summed E-state index contributed by atoms with van der Waals surface area (Å²) < 4.78 is 16.0. The molecule has 13 rings (SSSR count). The number of anilines is 3.